The van der Waals surface area contributed by atoms with E-state index in [1.807, 2.05) is 6.92 Å². The molecule has 0 bridgehead atoms. The van der Waals surface area contributed by atoms with Gasteiger partial charge in [-0.15, -0.1) is 0 Å². The Bertz CT molecular complexity index is 355. The zero-order valence-electron chi connectivity index (χ0n) is 12.5. The highest BCUT2D eigenvalue weighted by Gasteiger charge is 2.41. The fraction of sp³-hybridized carbons (Fsp3) is 0.875. The minimum Gasteiger partial charge on any atom is -0.480 e. The summed E-state index contributed by atoms with van der Waals surface area (Å²) < 4.78 is 0. The lowest BCUT2D eigenvalue weighted by atomic mass is 9.81. The van der Waals surface area contributed by atoms with Gasteiger partial charge in [-0.2, -0.15) is 0 Å². The van der Waals surface area contributed by atoms with Gasteiger partial charge in [0.15, 0.2) is 0 Å². The van der Waals surface area contributed by atoms with Crippen LogP contribution in [0, 0.1) is 11.8 Å². The molecule has 1 unspecified atom stereocenters. The van der Waals surface area contributed by atoms with E-state index in [-0.39, 0.29) is 11.8 Å². The quantitative estimate of drug-likeness (QED) is 0.813. The molecule has 0 saturated heterocycles. The van der Waals surface area contributed by atoms with Crippen LogP contribution in [0.15, 0.2) is 0 Å². The maximum absolute atomic E-state index is 12.3. The first-order chi connectivity index (χ1) is 9.53. The summed E-state index contributed by atoms with van der Waals surface area (Å²) in [6, 6.07) is 0. The van der Waals surface area contributed by atoms with Gasteiger partial charge in [-0.05, 0) is 25.2 Å². The zero-order valence-corrected chi connectivity index (χ0v) is 12.5. The highest BCUT2D eigenvalue weighted by molar-refractivity contribution is 5.88. The van der Waals surface area contributed by atoms with Crippen LogP contribution in [0.25, 0.3) is 0 Å². The van der Waals surface area contributed by atoms with E-state index in [0.29, 0.717) is 18.8 Å². The Hall–Kier alpha value is -1.06. The van der Waals surface area contributed by atoms with Crippen molar-refractivity contribution in [2.24, 2.45) is 11.8 Å². The third-order valence-electron chi connectivity index (χ3n) is 5.09. The highest BCUT2D eigenvalue weighted by atomic mass is 16.4. The number of carbonyl (C=O) groups excluding carboxylic acids is 1. The van der Waals surface area contributed by atoms with E-state index in [1.54, 1.807) is 0 Å². The van der Waals surface area contributed by atoms with Crippen LogP contribution in [0.3, 0.4) is 0 Å². The Morgan fingerprint density at radius 2 is 1.75 bits per heavy atom. The molecular formula is C16H27NO3. The van der Waals surface area contributed by atoms with E-state index in [2.05, 4.69) is 5.32 Å². The number of rotatable bonds is 5. The van der Waals surface area contributed by atoms with Gasteiger partial charge in [-0.25, -0.2) is 4.79 Å². The number of nitrogens with one attached hydrogen (secondary N) is 1. The van der Waals surface area contributed by atoms with E-state index < -0.39 is 11.5 Å². The Labute approximate surface area is 121 Å². The second-order valence-corrected chi connectivity index (χ2v) is 6.72. The summed E-state index contributed by atoms with van der Waals surface area (Å²) in [6.07, 6.45) is 9.91. The van der Waals surface area contributed by atoms with Gasteiger partial charge in [0.25, 0.3) is 0 Å². The molecular weight excluding hydrogens is 254 g/mol. The summed E-state index contributed by atoms with van der Waals surface area (Å²) in [5.74, 6) is -0.348. The molecule has 0 aromatic rings. The highest BCUT2D eigenvalue weighted by Crippen LogP contribution is 2.32. The molecule has 0 heterocycles. The number of carbonyl (C=O) groups is 2. The first kappa shape index (κ1) is 15.3. The minimum absolute atomic E-state index is 0.0683. The number of hydrogen-bond acceptors (Lipinski definition) is 2. The third-order valence-corrected chi connectivity index (χ3v) is 5.09. The van der Waals surface area contributed by atoms with Gasteiger partial charge in [0.2, 0.25) is 5.91 Å². The van der Waals surface area contributed by atoms with Crippen LogP contribution >= 0.6 is 0 Å². The monoisotopic (exact) mass is 281 g/mol. The number of aliphatic carboxylic acids is 1. The fourth-order valence-corrected chi connectivity index (χ4v) is 3.76. The van der Waals surface area contributed by atoms with Crippen LogP contribution in [-0.2, 0) is 9.59 Å². The molecule has 1 atom stereocenters. The van der Waals surface area contributed by atoms with Crippen LogP contribution in [0.2, 0.25) is 0 Å². The van der Waals surface area contributed by atoms with Crippen molar-refractivity contribution in [3.63, 3.8) is 0 Å². The van der Waals surface area contributed by atoms with Crippen molar-refractivity contribution >= 4 is 11.9 Å². The molecule has 20 heavy (non-hydrogen) atoms. The fourth-order valence-electron chi connectivity index (χ4n) is 3.76. The molecule has 0 aromatic heterocycles. The first-order valence-electron chi connectivity index (χ1n) is 8.09. The average molecular weight is 281 g/mol. The summed E-state index contributed by atoms with van der Waals surface area (Å²) in [5, 5.41) is 12.4. The number of amides is 1. The lowest BCUT2D eigenvalue weighted by molar-refractivity contribution is -0.150. The third kappa shape index (κ3) is 3.53. The molecule has 0 radical (unpaired) electrons. The van der Waals surface area contributed by atoms with Crippen LogP contribution in [-0.4, -0.2) is 22.5 Å². The first-order valence-corrected chi connectivity index (χ1v) is 8.09. The Morgan fingerprint density at radius 1 is 1.15 bits per heavy atom. The molecule has 2 fully saturated rings. The van der Waals surface area contributed by atoms with Crippen molar-refractivity contribution in [1.82, 2.24) is 5.32 Å². The van der Waals surface area contributed by atoms with Crippen molar-refractivity contribution in [3.05, 3.63) is 0 Å². The standard InChI is InChI=1S/C16H27NO3/c1-12(11-13-7-3-4-8-13)14(18)17-16(15(19)20)9-5-2-6-10-16/h12-13H,2-11H2,1H3,(H,17,18)(H,19,20). The van der Waals surface area contributed by atoms with Crippen molar-refractivity contribution < 1.29 is 14.7 Å². The molecule has 4 nitrogen and oxygen atoms in total. The van der Waals surface area contributed by atoms with E-state index in [4.69, 9.17) is 0 Å². The topological polar surface area (TPSA) is 66.4 Å². The van der Waals surface area contributed by atoms with Crippen molar-refractivity contribution in [2.75, 3.05) is 0 Å². The maximum Gasteiger partial charge on any atom is 0.329 e. The molecule has 2 rings (SSSR count). The van der Waals surface area contributed by atoms with E-state index in [0.717, 1.165) is 25.7 Å². The van der Waals surface area contributed by atoms with Crippen LogP contribution in [0.5, 0.6) is 0 Å². The lowest BCUT2D eigenvalue weighted by Gasteiger charge is -2.35. The van der Waals surface area contributed by atoms with Gasteiger partial charge >= 0.3 is 5.97 Å². The molecule has 2 saturated carbocycles. The lowest BCUT2D eigenvalue weighted by Crippen LogP contribution is -2.56. The number of carboxylic acids is 1. The predicted octanol–water partition coefficient (Wildman–Crippen LogP) is 3.11. The van der Waals surface area contributed by atoms with Crippen molar-refractivity contribution in [1.29, 1.82) is 0 Å². The summed E-state index contributed by atoms with van der Waals surface area (Å²) in [7, 11) is 0. The summed E-state index contributed by atoms with van der Waals surface area (Å²) >= 11 is 0. The van der Waals surface area contributed by atoms with Crippen molar-refractivity contribution in [2.45, 2.75) is 76.7 Å². The number of carboxylic acid groups (broad SMARTS) is 1. The van der Waals surface area contributed by atoms with Crippen LogP contribution in [0.1, 0.15) is 71.1 Å². The minimum atomic E-state index is -1.00. The summed E-state index contributed by atoms with van der Waals surface area (Å²) in [6.45, 7) is 1.94. The van der Waals surface area contributed by atoms with Crippen LogP contribution < -0.4 is 5.32 Å². The predicted molar refractivity (Wildman–Crippen MR) is 77.3 cm³/mol. The molecule has 0 aliphatic heterocycles. The second kappa shape index (κ2) is 6.59. The zero-order chi connectivity index (χ0) is 14.6. The van der Waals surface area contributed by atoms with E-state index in [9.17, 15) is 14.7 Å². The Kier molecular flexibility index (Phi) is 5.06. The summed E-state index contributed by atoms with van der Waals surface area (Å²) in [4.78, 5) is 23.9. The van der Waals surface area contributed by atoms with Gasteiger partial charge in [0, 0.05) is 5.92 Å². The molecule has 1 amide bonds. The molecule has 114 valence electrons. The smallest absolute Gasteiger partial charge is 0.329 e. The second-order valence-electron chi connectivity index (χ2n) is 6.72. The largest absolute Gasteiger partial charge is 0.480 e. The average Bonchev–Trinajstić information content (AvgIpc) is 2.92. The van der Waals surface area contributed by atoms with Gasteiger partial charge < -0.3 is 10.4 Å². The molecule has 2 N–H and O–H groups in total. The molecule has 2 aliphatic carbocycles. The Balaban J connectivity index is 1.91. The maximum atomic E-state index is 12.3. The number of hydrogen-bond donors (Lipinski definition) is 2. The SMILES string of the molecule is CC(CC1CCCC1)C(=O)NC1(C(=O)O)CCCCC1. The van der Waals surface area contributed by atoms with Gasteiger partial charge in [-0.1, -0.05) is 51.9 Å². The van der Waals surface area contributed by atoms with Crippen molar-refractivity contribution in [3.8, 4) is 0 Å². The summed E-state index contributed by atoms with van der Waals surface area (Å²) in [5.41, 5.74) is -1.00. The molecule has 4 heteroatoms. The normalized spacial score (nSPS) is 24.2. The Morgan fingerprint density at radius 3 is 2.30 bits per heavy atom. The molecule has 2 aliphatic rings. The van der Waals surface area contributed by atoms with Gasteiger partial charge in [0.05, 0.1) is 0 Å². The molecule has 0 aromatic carbocycles. The molecule has 0 spiro atoms. The van der Waals surface area contributed by atoms with Crippen LogP contribution in [0.4, 0.5) is 0 Å². The van der Waals surface area contributed by atoms with Gasteiger partial charge in [0.1, 0.15) is 5.54 Å². The van der Waals surface area contributed by atoms with E-state index >= 15 is 0 Å². The van der Waals surface area contributed by atoms with E-state index in [1.165, 1.54) is 25.7 Å². The van der Waals surface area contributed by atoms with Gasteiger partial charge in [-0.3, -0.25) is 4.79 Å².